The first kappa shape index (κ1) is 28.3. The molecule has 2 N–H and O–H groups in total. The van der Waals surface area contributed by atoms with E-state index in [1.165, 1.54) is 7.11 Å². The van der Waals surface area contributed by atoms with E-state index in [1.807, 2.05) is 36.4 Å². The molecule has 4 atom stereocenters. The van der Waals surface area contributed by atoms with Crippen molar-refractivity contribution in [3.05, 3.63) is 68.3 Å². The Hall–Kier alpha value is -3.22. The number of aliphatic hydroxyl groups excluding tert-OH is 1. The van der Waals surface area contributed by atoms with E-state index in [1.54, 1.807) is 6.07 Å². The molecule has 2 fully saturated rings. The zero-order valence-electron chi connectivity index (χ0n) is 22.1. The zero-order chi connectivity index (χ0) is 28.6. The third-order valence-corrected chi connectivity index (χ3v) is 8.81. The second-order valence-corrected chi connectivity index (χ2v) is 11.3. The topological polar surface area (TPSA) is 123 Å². The van der Waals surface area contributed by atoms with Crippen LogP contribution in [0, 0.1) is 21.3 Å². The Morgan fingerprint density at radius 1 is 1.15 bits per heavy atom. The van der Waals surface area contributed by atoms with Gasteiger partial charge in [-0.3, -0.25) is 9.59 Å². The molecule has 2 heterocycles. The van der Waals surface area contributed by atoms with E-state index in [9.17, 15) is 24.6 Å². The molecule has 2 aromatic rings. The van der Waals surface area contributed by atoms with Crippen LogP contribution in [0.1, 0.15) is 30.4 Å². The number of fused-ring (bicyclic) bond motifs is 3. The molecule has 10 heteroatoms. The number of carbonyl (C=O) groups is 3. The standard InChI is InChI=1S/C30H30INO8/c1-38-24-12-16(11-22(31)27(24)34)10-18(17-6-4-3-5-7-17)8-9-23-25-19(14-33)13-20-26(21(25)15-40-23)29(36)32(28(20)35)30(37)39-2/h3-7,10-12,20-21,23,26,33-34H,8-9,13-15H2,1-2H3/b18-10-/t20-,21+,23-,26-/m1/s1. The first-order valence-electron chi connectivity index (χ1n) is 13.0. The van der Waals surface area contributed by atoms with Gasteiger partial charge in [-0.2, -0.15) is 4.90 Å². The lowest BCUT2D eigenvalue weighted by molar-refractivity contribution is -0.137. The van der Waals surface area contributed by atoms with E-state index >= 15 is 0 Å². The number of likely N-dealkylation sites (tertiary alicyclic amines) is 1. The smallest absolute Gasteiger partial charge is 0.423 e. The monoisotopic (exact) mass is 659 g/mol. The van der Waals surface area contributed by atoms with E-state index in [4.69, 9.17) is 9.47 Å². The summed E-state index contributed by atoms with van der Waals surface area (Å²) in [4.78, 5) is 38.9. The predicted molar refractivity (Wildman–Crippen MR) is 154 cm³/mol. The summed E-state index contributed by atoms with van der Waals surface area (Å²) in [6.45, 7) is -0.0157. The van der Waals surface area contributed by atoms with Gasteiger partial charge in [-0.15, -0.1) is 0 Å². The van der Waals surface area contributed by atoms with Gasteiger partial charge < -0.3 is 24.4 Å². The molecule has 3 aliphatic rings. The highest BCUT2D eigenvalue weighted by Gasteiger charge is 2.58. The number of benzene rings is 2. The largest absolute Gasteiger partial charge is 0.504 e. The van der Waals surface area contributed by atoms with Gasteiger partial charge in [0, 0.05) is 5.92 Å². The Bertz CT molecular complexity index is 1400. The second kappa shape index (κ2) is 11.7. The number of ether oxygens (including phenoxy) is 3. The molecule has 2 aromatic carbocycles. The molecule has 9 nitrogen and oxygen atoms in total. The number of hydrogen-bond acceptors (Lipinski definition) is 8. The van der Waals surface area contributed by atoms with Crippen molar-refractivity contribution >= 4 is 52.1 Å². The number of hydrogen-bond donors (Lipinski definition) is 2. The molecular weight excluding hydrogens is 629 g/mol. The fraction of sp³-hybridized carbons (Fsp3) is 0.367. The second-order valence-electron chi connectivity index (χ2n) is 10.1. The SMILES string of the molecule is COC(=O)N1C(=O)[C@@H]2[C@@H](CC(CO)=C3[C@@H](CC/C(=C/c4cc(I)c(O)c(OC)c4)c4ccccc4)OC[C@@H]32)C1=O. The number of imide groups is 3. The van der Waals surface area contributed by atoms with E-state index in [2.05, 4.69) is 33.4 Å². The Morgan fingerprint density at radius 2 is 1.90 bits per heavy atom. The summed E-state index contributed by atoms with van der Waals surface area (Å²) in [5.41, 5.74) is 4.51. The number of amides is 3. The Labute approximate surface area is 245 Å². The number of methoxy groups -OCH3 is 2. The Morgan fingerprint density at radius 3 is 2.58 bits per heavy atom. The first-order valence-corrected chi connectivity index (χ1v) is 14.1. The van der Waals surface area contributed by atoms with Gasteiger partial charge in [-0.05, 0) is 81.8 Å². The van der Waals surface area contributed by atoms with Crippen LogP contribution in [0.3, 0.4) is 0 Å². The summed E-state index contributed by atoms with van der Waals surface area (Å²) in [5.74, 6) is -2.47. The number of aliphatic hydroxyl groups is 1. The summed E-state index contributed by atoms with van der Waals surface area (Å²) in [7, 11) is 2.65. The van der Waals surface area contributed by atoms with Gasteiger partial charge in [0.05, 0.1) is 48.9 Å². The minimum absolute atomic E-state index is 0.0942. The highest BCUT2D eigenvalue weighted by molar-refractivity contribution is 14.1. The highest BCUT2D eigenvalue weighted by atomic mass is 127. The highest BCUT2D eigenvalue weighted by Crippen LogP contribution is 2.50. The molecule has 0 unspecified atom stereocenters. The van der Waals surface area contributed by atoms with Gasteiger partial charge in [-0.25, -0.2) is 4.79 Å². The number of phenolic OH excluding ortho intramolecular Hbond substituents is 1. The van der Waals surface area contributed by atoms with Crippen molar-refractivity contribution in [2.75, 3.05) is 27.4 Å². The maximum absolute atomic E-state index is 13.2. The zero-order valence-corrected chi connectivity index (χ0v) is 24.3. The molecule has 0 saturated carbocycles. The maximum Gasteiger partial charge on any atom is 0.423 e. The number of carbonyl (C=O) groups excluding carboxylic acids is 3. The molecule has 2 saturated heterocycles. The van der Waals surface area contributed by atoms with Crippen LogP contribution >= 0.6 is 22.6 Å². The van der Waals surface area contributed by atoms with Crippen LogP contribution in [-0.2, 0) is 19.1 Å². The van der Waals surface area contributed by atoms with Crippen molar-refractivity contribution in [1.29, 1.82) is 0 Å². The van der Waals surface area contributed by atoms with Crippen LogP contribution in [0.2, 0.25) is 0 Å². The quantitative estimate of drug-likeness (QED) is 0.194. The lowest BCUT2D eigenvalue weighted by Gasteiger charge is -2.31. The van der Waals surface area contributed by atoms with E-state index < -0.39 is 29.7 Å². The van der Waals surface area contributed by atoms with Gasteiger partial charge in [-0.1, -0.05) is 36.4 Å². The minimum atomic E-state index is -0.981. The van der Waals surface area contributed by atoms with Crippen molar-refractivity contribution in [2.24, 2.45) is 17.8 Å². The molecule has 0 bridgehead atoms. The lowest BCUT2D eigenvalue weighted by Crippen LogP contribution is -2.38. The molecule has 0 aromatic heterocycles. The maximum atomic E-state index is 13.2. The lowest BCUT2D eigenvalue weighted by atomic mass is 9.69. The van der Waals surface area contributed by atoms with Crippen molar-refractivity contribution < 1.29 is 38.8 Å². The normalized spacial score (nSPS) is 24.3. The van der Waals surface area contributed by atoms with Crippen LogP contribution < -0.4 is 4.74 Å². The van der Waals surface area contributed by atoms with Crippen LogP contribution in [-0.4, -0.2) is 66.6 Å². The molecule has 40 heavy (non-hydrogen) atoms. The van der Waals surface area contributed by atoms with Crippen molar-refractivity contribution in [3.8, 4) is 11.5 Å². The van der Waals surface area contributed by atoms with Crippen LogP contribution in [0.25, 0.3) is 11.6 Å². The Kier molecular flexibility index (Phi) is 8.29. The minimum Gasteiger partial charge on any atom is -0.504 e. The molecule has 2 aliphatic heterocycles. The average molecular weight is 659 g/mol. The fourth-order valence-corrected chi connectivity index (χ4v) is 6.79. The summed E-state index contributed by atoms with van der Waals surface area (Å²) >= 11 is 2.07. The number of nitrogens with zero attached hydrogens (tertiary/aromatic N) is 1. The predicted octanol–water partition coefficient (Wildman–Crippen LogP) is 4.40. The summed E-state index contributed by atoms with van der Waals surface area (Å²) < 4.78 is 16.9. The van der Waals surface area contributed by atoms with Crippen LogP contribution in [0.15, 0.2) is 53.6 Å². The molecule has 0 radical (unpaired) electrons. The molecule has 1 aliphatic carbocycles. The molecule has 3 amide bonds. The average Bonchev–Trinajstić information content (AvgIpc) is 3.50. The van der Waals surface area contributed by atoms with Crippen molar-refractivity contribution in [1.82, 2.24) is 4.90 Å². The molecule has 210 valence electrons. The van der Waals surface area contributed by atoms with E-state index in [0.29, 0.717) is 32.6 Å². The number of aromatic hydroxyl groups is 1. The number of rotatable bonds is 7. The number of allylic oxidation sites excluding steroid dienone is 1. The summed E-state index contributed by atoms with van der Waals surface area (Å²) in [6.07, 6.45) is 2.14. The molecule has 5 rings (SSSR count). The van der Waals surface area contributed by atoms with Gasteiger partial charge in [0.2, 0.25) is 11.8 Å². The third kappa shape index (κ3) is 5.04. The van der Waals surface area contributed by atoms with Gasteiger partial charge in [0.1, 0.15) is 0 Å². The van der Waals surface area contributed by atoms with Gasteiger partial charge in [0.25, 0.3) is 0 Å². The Balaban J connectivity index is 1.43. The molecule has 0 spiro atoms. The van der Waals surface area contributed by atoms with Crippen LogP contribution in [0.4, 0.5) is 4.79 Å². The van der Waals surface area contributed by atoms with Crippen molar-refractivity contribution in [3.63, 3.8) is 0 Å². The van der Waals surface area contributed by atoms with E-state index in [-0.39, 0.29) is 37.4 Å². The number of halogens is 1. The third-order valence-electron chi connectivity index (χ3n) is 7.99. The van der Waals surface area contributed by atoms with Gasteiger partial charge >= 0.3 is 6.09 Å². The van der Waals surface area contributed by atoms with Gasteiger partial charge in [0.15, 0.2) is 11.5 Å². The molecular formula is C30H30INO8. The van der Waals surface area contributed by atoms with Crippen LogP contribution in [0.5, 0.6) is 11.5 Å². The summed E-state index contributed by atoms with van der Waals surface area (Å²) in [6, 6.07) is 13.6. The summed E-state index contributed by atoms with van der Waals surface area (Å²) in [5, 5.41) is 20.5. The fourth-order valence-electron chi connectivity index (χ4n) is 6.16. The van der Waals surface area contributed by atoms with Crippen molar-refractivity contribution in [2.45, 2.75) is 25.4 Å². The van der Waals surface area contributed by atoms with E-state index in [0.717, 1.165) is 29.4 Å². The number of phenols is 1. The first-order chi connectivity index (χ1) is 19.3.